The molecule has 0 aromatic carbocycles. The van der Waals surface area contributed by atoms with Crippen molar-refractivity contribution >= 4 is 0 Å². The second-order valence-corrected chi connectivity index (χ2v) is 4.30. The van der Waals surface area contributed by atoms with Crippen molar-refractivity contribution in [1.29, 1.82) is 0 Å². The van der Waals surface area contributed by atoms with Gasteiger partial charge in [-0.1, -0.05) is 0 Å². The van der Waals surface area contributed by atoms with Crippen LogP contribution in [0.1, 0.15) is 24.4 Å². The predicted octanol–water partition coefficient (Wildman–Crippen LogP) is 1.51. The average Bonchev–Trinajstić information content (AvgIpc) is 2.87. The van der Waals surface area contributed by atoms with Gasteiger partial charge in [0.25, 0.3) is 0 Å². The Bertz CT molecular complexity index is 315. The normalized spacial score (nSPS) is 18.9. The van der Waals surface area contributed by atoms with Crippen molar-refractivity contribution in [1.82, 2.24) is 4.90 Å². The topological polar surface area (TPSA) is 42.4 Å². The Morgan fingerprint density at radius 3 is 2.64 bits per heavy atom. The van der Waals surface area contributed by atoms with E-state index in [9.17, 15) is 0 Å². The summed E-state index contributed by atoms with van der Waals surface area (Å²) in [5.41, 5.74) is 6.02. The van der Waals surface area contributed by atoms with E-state index in [1.54, 1.807) is 0 Å². The average molecular weight is 194 g/mol. The van der Waals surface area contributed by atoms with Crippen LogP contribution in [0.3, 0.4) is 0 Å². The van der Waals surface area contributed by atoms with E-state index in [0.717, 1.165) is 24.6 Å². The second-order valence-electron chi connectivity index (χ2n) is 4.30. The summed E-state index contributed by atoms with van der Waals surface area (Å²) in [7, 11) is 2.12. The third kappa shape index (κ3) is 1.70. The van der Waals surface area contributed by atoms with Crippen LogP contribution in [-0.2, 0) is 6.54 Å². The highest BCUT2D eigenvalue weighted by atomic mass is 16.3. The number of nitrogens with zero attached hydrogens (tertiary/aromatic N) is 1. The summed E-state index contributed by atoms with van der Waals surface area (Å²) in [5.74, 6) is 2.01. The molecule has 2 N–H and O–H groups in total. The molecule has 0 atom stereocenters. The van der Waals surface area contributed by atoms with E-state index in [-0.39, 0.29) is 5.54 Å². The summed E-state index contributed by atoms with van der Waals surface area (Å²) in [4.78, 5) is 2.31. The molecule has 0 bridgehead atoms. The fourth-order valence-corrected chi connectivity index (χ4v) is 1.86. The highest BCUT2D eigenvalue weighted by Crippen LogP contribution is 2.40. The quantitative estimate of drug-likeness (QED) is 0.790. The van der Waals surface area contributed by atoms with E-state index < -0.39 is 0 Å². The van der Waals surface area contributed by atoms with Crippen LogP contribution in [0, 0.1) is 6.92 Å². The Hall–Kier alpha value is -0.800. The van der Waals surface area contributed by atoms with Crippen molar-refractivity contribution in [3.05, 3.63) is 23.7 Å². The lowest BCUT2D eigenvalue weighted by molar-refractivity contribution is 0.201. The molecule has 1 aliphatic rings. The fourth-order valence-electron chi connectivity index (χ4n) is 1.86. The fraction of sp³-hybridized carbons (Fsp3) is 0.636. The van der Waals surface area contributed by atoms with Crippen molar-refractivity contribution in [3.8, 4) is 0 Å². The van der Waals surface area contributed by atoms with Crippen LogP contribution in [-0.4, -0.2) is 24.0 Å². The van der Waals surface area contributed by atoms with E-state index in [1.807, 2.05) is 19.1 Å². The van der Waals surface area contributed by atoms with Crippen molar-refractivity contribution in [3.63, 3.8) is 0 Å². The maximum Gasteiger partial charge on any atom is 0.118 e. The summed E-state index contributed by atoms with van der Waals surface area (Å²) in [5, 5.41) is 0. The van der Waals surface area contributed by atoms with Gasteiger partial charge in [0.2, 0.25) is 0 Å². The Labute approximate surface area is 84.9 Å². The van der Waals surface area contributed by atoms with Crippen LogP contribution < -0.4 is 5.73 Å². The first kappa shape index (κ1) is 9.74. The van der Waals surface area contributed by atoms with Gasteiger partial charge in [-0.25, -0.2) is 0 Å². The minimum absolute atomic E-state index is 0.265. The van der Waals surface area contributed by atoms with E-state index in [2.05, 4.69) is 11.9 Å². The van der Waals surface area contributed by atoms with E-state index in [1.165, 1.54) is 12.8 Å². The summed E-state index contributed by atoms with van der Waals surface area (Å²) in [6.07, 6.45) is 2.44. The van der Waals surface area contributed by atoms with Crippen LogP contribution in [0.4, 0.5) is 0 Å². The van der Waals surface area contributed by atoms with Gasteiger partial charge >= 0.3 is 0 Å². The van der Waals surface area contributed by atoms with Gasteiger partial charge in [0.05, 0.1) is 6.54 Å². The number of aryl methyl sites for hydroxylation is 1. The van der Waals surface area contributed by atoms with E-state index >= 15 is 0 Å². The van der Waals surface area contributed by atoms with Crippen LogP contribution in [0.2, 0.25) is 0 Å². The molecule has 14 heavy (non-hydrogen) atoms. The Morgan fingerprint density at radius 1 is 1.50 bits per heavy atom. The number of hydrogen-bond donors (Lipinski definition) is 1. The largest absolute Gasteiger partial charge is 0.465 e. The number of rotatable bonds is 4. The minimum Gasteiger partial charge on any atom is -0.465 e. The predicted molar refractivity (Wildman–Crippen MR) is 55.9 cm³/mol. The summed E-state index contributed by atoms with van der Waals surface area (Å²) < 4.78 is 5.54. The molecule has 3 nitrogen and oxygen atoms in total. The maximum atomic E-state index is 5.76. The lowest BCUT2D eigenvalue weighted by Crippen LogP contribution is -2.39. The first-order valence-electron chi connectivity index (χ1n) is 5.13. The third-order valence-electron chi connectivity index (χ3n) is 3.21. The molecular formula is C11H18N2O. The molecular weight excluding hydrogens is 176 g/mol. The molecule has 1 fully saturated rings. The molecule has 2 rings (SSSR count). The van der Waals surface area contributed by atoms with Crippen molar-refractivity contribution in [2.75, 3.05) is 13.6 Å². The molecule has 0 aliphatic heterocycles. The van der Waals surface area contributed by atoms with Crippen molar-refractivity contribution < 1.29 is 4.42 Å². The van der Waals surface area contributed by atoms with Gasteiger partial charge < -0.3 is 10.2 Å². The van der Waals surface area contributed by atoms with Crippen molar-refractivity contribution in [2.45, 2.75) is 31.8 Å². The van der Waals surface area contributed by atoms with Gasteiger partial charge in [0.1, 0.15) is 11.5 Å². The van der Waals surface area contributed by atoms with Crippen LogP contribution in [0.25, 0.3) is 0 Å². The standard InChI is InChI=1S/C11H18N2O/c1-9-3-4-10(14-9)7-13(2)11(8-12)5-6-11/h3-4H,5-8,12H2,1-2H3. The molecule has 1 aromatic rings. The SMILES string of the molecule is Cc1ccc(CN(C)C2(CN)CC2)o1. The Morgan fingerprint density at radius 2 is 2.21 bits per heavy atom. The lowest BCUT2D eigenvalue weighted by Gasteiger charge is -2.25. The molecule has 78 valence electrons. The zero-order valence-corrected chi connectivity index (χ0v) is 8.92. The van der Waals surface area contributed by atoms with Crippen LogP contribution >= 0.6 is 0 Å². The smallest absolute Gasteiger partial charge is 0.118 e. The number of likely N-dealkylation sites (N-methyl/N-ethyl adjacent to an activating group) is 1. The number of furan rings is 1. The molecule has 1 aliphatic carbocycles. The second kappa shape index (κ2) is 3.41. The van der Waals surface area contributed by atoms with Gasteiger partial charge in [-0.05, 0) is 38.9 Å². The summed E-state index contributed by atoms with van der Waals surface area (Å²) >= 11 is 0. The maximum absolute atomic E-state index is 5.76. The van der Waals surface area contributed by atoms with Crippen molar-refractivity contribution in [2.24, 2.45) is 5.73 Å². The van der Waals surface area contributed by atoms with Gasteiger partial charge in [-0.3, -0.25) is 4.90 Å². The Balaban J connectivity index is 1.98. The van der Waals surface area contributed by atoms with E-state index in [4.69, 9.17) is 10.2 Å². The highest BCUT2D eigenvalue weighted by Gasteiger charge is 2.44. The Kier molecular flexibility index (Phi) is 2.37. The van der Waals surface area contributed by atoms with E-state index in [0.29, 0.717) is 0 Å². The third-order valence-corrected chi connectivity index (χ3v) is 3.21. The first-order chi connectivity index (χ1) is 6.66. The molecule has 0 amide bonds. The molecule has 0 unspecified atom stereocenters. The summed E-state index contributed by atoms with van der Waals surface area (Å²) in [6.45, 7) is 3.59. The van der Waals surface area contributed by atoms with Crippen LogP contribution in [0.15, 0.2) is 16.5 Å². The summed E-state index contributed by atoms with van der Waals surface area (Å²) in [6, 6.07) is 4.05. The number of hydrogen-bond acceptors (Lipinski definition) is 3. The van der Waals surface area contributed by atoms with Gasteiger partial charge in [-0.2, -0.15) is 0 Å². The lowest BCUT2D eigenvalue weighted by atomic mass is 10.2. The highest BCUT2D eigenvalue weighted by molar-refractivity contribution is 5.09. The monoisotopic (exact) mass is 194 g/mol. The van der Waals surface area contributed by atoms with Gasteiger partial charge in [0.15, 0.2) is 0 Å². The molecule has 1 aromatic heterocycles. The molecule has 0 saturated heterocycles. The molecule has 1 heterocycles. The molecule has 1 saturated carbocycles. The minimum atomic E-state index is 0.265. The molecule has 0 spiro atoms. The molecule has 0 radical (unpaired) electrons. The first-order valence-corrected chi connectivity index (χ1v) is 5.13. The zero-order chi connectivity index (χ0) is 10.2. The molecule has 3 heteroatoms. The van der Waals surface area contributed by atoms with Gasteiger partial charge in [-0.15, -0.1) is 0 Å². The number of nitrogens with two attached hydrogens (primary N) is 1. The van der Waals surface area contributed by atoms with Gasteiger partial charge in [0, 0.05) is 12.1 Å². The zero-order valence-electron chi connectivity index (χ0n) is 8.92. The van der Waals surface area contributed by atoms with Crippen LogP contribution in [0.5, 0.6) is 0 Å².